The Hall–Kier alpha value is -1.31. The van der Waals surface area contributed by atoms with Gasteiger partial charge in [-0.15, -0.1) is 11.3 Å². The maximum absolute atomic E-state index is 8.97. The molecule has 2 nitrogen and oxygen atoms in total. The predicted molar refractivity (Wildman–Crippen MR) is 75.2 cm³/mol. The summed E-state index contributed by atoms with van der Waals surface area (Å²) < 4.78 is 1.15. The van der Waals surface area contributed by atoms with E-state index in [2.05, 4.69) is 40.3 Å². The van der Waals surface area contributed by atoms with Crippen LogP contribution in [0.1, 0.15) is 15.3 Å². The second-order valence-corrected chi connectivity index (χ2v) is 5.82. The van der Waals surface area contributed by atoms with Crippen LogP contribution in [0.15, 0.2) is 34.8 Å². The molecule has 0 bridgehead atoms. The minimum Gasteiger partial charge on any atom is -0.379 e. The molecule has 0 aliphatic carbocycles. The lowest BCUT2D eigenvalue weighted by Gasteiger charge is -2.05. The van der Waals surface area contributed by atoms with Crippen molar-refractivity contribution in [2.45, 2.75) is 13.5 Å². The maximum atomic E-state index is 8.97. The molecule has 1 aromatic carbocycles. The lowest BCUT2D eigenvalue weighted by molar-refractivity contribution is 1.19. The molecule has 86 valence electrons. The van der Waals surface area contributed by atoms with Crippen molar-refractivity contribution in [2.75, 3.05) is 5.32 Å². The number of rotatable bonds is 3. The predicted octanol–water partition coefficient (Wildman–Crippen LogP) is 4.30. The van der Waals surface area contributed by atoms with E-state index >= 15 is 0 Å². The highest BCUT2D eigenvalue weighted by atomic mass is 79.9. The highest BCUT2D eigenvalue weighted by molar-refractivity contribution is 9.10. The summed E-state index contributed by atoms with van der Waals surface area (Å²) in [5.74, 6) is 0. The van der Waals surface area contributed by atoms with Crippen molar-refractivity contribution in [1.29, 1.82) is 5.26 Å². The summed E-state index contributed by atoms with van der Waals surface area (Å²) in [6, 6.07) is 11.8. The number of benzene rings is 1. The van der Waals surface area contributed by atoms with E-state index in [1.54, 1.807) is 11.3 Å². The Morgan fingerprint density at radius 3 is 2.82 bits per heavy atom. The van der Waals surface area contributed by atoms with Crippen LogP contribution < -0.4 is 5.32 Å². The highest BCUT2D eigenvalue weighted by Crippen LogP contribution is 2.27. The lowest BCUT2D eigenvalue weighted by Crippen LogP contribution is -1.99. The quantitative estimate of drug-likeness (QED) is 0.917. The molecule has 0 saturated heterocycles. The van der Waals surface area contributed by atoms with Crippen molar-refractivity contribution in [3.05, 3.63) is 50.1 Å². The number of hydrogen-bond acceptors (Lipinski definition) is 3. The molecule has 0 aliphatic rings. The molecule has 0 aliphatic heterocycles. The van der Waals surface area contributed by atoms with Crippen LogP contribution in [0.2, 0.25) is 0 Å². The van der Waals surface area contributed by atoms with Crippen LogP contribution in [0.5, 0.6) is 0 Å². The van der Waals surface area contributed by atoms with Crippen LogP contribution in [0, 0.1) is 18.3 Å². The highest BCUT2D eigenvalue weighted by Gasteiger charge is 2.04. The first-order valence-electron chi connectivity index (χ1n) is 5.18. The van der Waals surface area contributed by atoms with Gasteiger partial charge in [-0.3, -0.25) is 0 Å². The van der Waals surface area contributed by atoms with Gasteiger partial charge in [0.25, 0.3) is 0 Å². The molecule has 0 atom stereocenters. The number of para-hydroxylation sites is 1. The molecule has 1 heterocycles. The number of hydrogen-bond donors (Lipinski definition) is 1. The van der Waals surface area contributed by atoms with Crippen LogP contribution in [-0.2, 0) is 6.54 Å². The van der Waals surface area contributed by atoms with Gasteiger partial charge >= 0.3 is 0 Å². The van der Waals surface area contributed by atoms with E-state index in [4.69, 9.17) is 5.26 Å². The van der Waals surface area contributed by atoms with E-state index in [9.17, 15) is 0 Å². The number of nitriles is 1. The fourth-order valence-electron chi connectivity index (χ4n) is 1.52. The Bertz CT molecular complexity index is 550. The van der Waals surface area contributed by atoms with Crippen molar-refractivity contribution < 1.29 is 0 Å². The van der Waals surface area contributed by atoms with Gasteiger partial charge in [-0.1, -0.05) is 12.1 Å². The Morgan fingerprint density at radius 2 is 2.18 bits per heavy atom. The maximum Gasteiger partial charge on any atom is 0.101 e. The molecule has 0 spiro atoms. The van der Waals surface area contributed by atoms with Crippen molar-refractivity contribution in [3.8, 4) is 6.07 Å². The number of nitrogens with one attached hydrogen (secondary N) is 1. The molecular weight excluding hydrogens is 296 g/mol. The molecule has 0 unspecified atom stereocenters. The molecule has 17 heavy (non-hydrogen) atoms. The third-order valence-corrected chi connectivity index (χ3v) is 4.55. The van der Waals surface area contributed by atoms with E-state index in [1.807, 2.05) is 24.3 Å². The van der Waals surface area contributed by atoms with Gasteiger partial charge in [0.1, 0.15) is 6.07 Å². The van der Waals surface area contributed by atoms with Gasteiger partial charge in [0.2, 0.25) is 0 Å². The molecule has 0 fully saturated rings. The third kappa shape index (κ3) is 2.87. The van der Waals surface area contributed by atoms with Crippen molar-refractivity contribution in [1.82, 2.24) is 0 Å². The summed E-state index contributed by atoms with van der Waals surface area (Å²) in [7, 11) is 0. The van der Waals surface area contributed by atoms with Gasteiger partial charge < -0.3 is 5.32 Å². The molecule has 0 amide bonds. The number of halogens is 1. The van der Waals surface area contributed by atoms with E-state index in [0.717, 1.165) is 16.7 Å². The number of anilines is 1. The summed E-state index contributed by atoms with van der Waals surface area (Å²) in [5.41, 5.74) is 1.57. The number of thiophene rings is 1. The summed E-state index contributed by atoms with van der Waals surface area (Å²) in [5, 5.41) is 12.3. The molecule has 4 heteroatoms. The van der Waals surface area contributed by atoms with E-state index in [0.29, 0.717) is 5.56 Å². The molecule has 0 saturated carbocycles. The zero-order valence-electron chi connectivity index (χ0n) is 9.33. The number of aryl methyl sites for hydroxylation is 1. The lowest BCUT2D eigenvalue weighted by atomic mass is 10.2. The Morgan fingerprint density at radius 1 is 1.41 bits per heavy atom. The first-order chi connectivity index (χ1) is 8.20. The zero-order valence-corrected chi connectivity index (χ0v) is 11.7. The van der Waals surface area contributed by atoms with Gasteiger partial charge in [0.05, 0.1) is 11.3 Å². The molecule has 2 rings (SSSR count). The minimum absolute atomic E-state index is 0.680. The summed E-state index contributed by atoms with van der Waals surface area (Å²) in [6.07, 6.45) is 0. The summed E-state index contributed by atoms with van der Waals surface area (Å²) in [4.78, 5) is 2.53. The number of nitrogens with zero attached hydrogens (tertiary/aromatic N) is 1. The van der Waals surface area contributed by atoms with Gasteiger partial charge in [-0.05, 0) is 41.1 Å². The van der Waals surface area contributed by atoms with Crippen molar-refractivity contribution in [2.24, 2.45) is 0 Å². The van der Waals surface area contributed by atoms with Crippen LogP contribution in [-0.4, -0.2) is 0 Å². The van der Waals surface area contributed by atoms with Crippen LogP contribution in [0.25, 0.3) is 0 Å². The van der Waals surface area contributed by atoms with Crippen molar-refractivity contribution >= 4 is 33.0 Å². The van der Waals surface area contributed by atoms with E-state index < -0.39 is 0 Å². The largest absolute Gasteiger partial charge is 0.379 e. The third-order valence-electron chi connectivity index (χ3n) is 2.41. The molecule has 1 N–H and O–H groups in total. The first-order valence-corrected chi connectivity index (χ1v) is 6.79. The van der Waals surface area contributed by atoms with Crippen LogP contribution >= 0.6 is 27.3 Å². The van der Waals surface area contributed by atoms with E-state index in [1.165, 1.54) is 9.75 Å². The molecule has 2 aromatic rings. The van der Waals surface area contributed by atoms with Crippen molar-refractivity contribution in [3.63, 3.8) is 0 Å². The van der Waals surface area contributed by atoms with Gasteiger partial charge in [0.15, 0.2) is 0 Å². The molecular formula is C13H11BrN2S. The molecule has 1 aromatic heterocycles. The van der Waals surface area contributed by atoms with Gasteiger partial charge in [-0.2, -0.15) is 5.26 Å². The van der Waals surface area contributed by atoms with Gasteiger partial charge in [-0.25, -0.2) is 0 Å². The summed E-state index contributed by atoms with van der Waals surface area (Å²) >= 11 is 5.26. The fraction of sp³-hybridized carbons (Fsp3) is 0.154. The topological polar surface area (TPSA) is 35.8 Å². The minimum atomic E-state index is 0.680. The van der Waals surface area contributed by atoms with E-state index in [-0.39, 0.29) is 0 Å². The SMILES string of the molecule is Cc1sc(CNc2ccccc2C#N)cc1Br. The second kappa shape index (κ2) is 5.35. The molecule has 0 radical (unpaired) electrons. The monoisotopic (exact) mass is 306 g/mol. The normalized spacial score (nSPS) is 9.94. The smallest absolute Gasteiger partial charge is 0.101 e. The standard InChI is InChI=1S/C13H11BrN2S/c1-9-12(14)6-11(17-9)8-16-13-5-3-2-4-10(13)7-15/h2-6,16H,8H2,1H3. The second-order valence-electron chi connectivity index (χ2n) is 3.63. The Balaban J connectivity index is 2.10. The Labute approximate surface area is 113 Å². The average Bonchev–Trinajstić information content (AvgIpc) is 2.66. The van der Waals surface area contributed by atoms with Crippen LogP contribution in [0.4, 0.5) is 5.69 Å². The van der Waals surface area contributed by atoms with Crippen LogP contribution in [0.3, 0.4) is 0 Å². The first kappa shape index (κ1) is 12.2. The zero-order chi connectivity index (χ0) is 12.3. The average molecular weight is 307 g/mol. The fourth-order valence-corrected chi connectivity index (χ4v) is 3.06. The van der Waals surface area contributed by atoms with Gasteiger partial charge in [0, 0.05) is 20.8 Å². The summed E-state index contributed by atoms with van der Waals surface area (Å²) in [6.45, 7) is 2.83. The Kier molecular flexibility index (Phi) is 3.82.